The summed E-state index contributed by atoms with van der Waals surface area (Å²) in [6, 6.07) is 8.15. The molecule has 0 amide bonds. The van der Waals surface area contributed by atoms with Gasteiger partial charge >= 0.3 is 5.97 Å². The van der Waals surface area contributed by atoms with E-state index in [2.05, 4.69) is 28.7 Å². The molecule has 0 spiro atoms. The first kappa shape index (κ1) is 8.83. The Kier molecular flexibility index (Phi) is 2.24. The van der Waals surface area contributed by atoms with Crippen molar-refractivity contribution >= 4 is 5.97 Å². The van der Waals surface area contributed by atoms with Crippen LogP contribution in [-0.2, 0) is 16.0 Å². The smallest absolute Gasteiger partial charge is 0.384 e. The zero-order chi connectivity index (χ0) is 9.97. The number of benzene rings is 1. The Labute approximate surface area is 82.9 Å². The molecule has 2 heteroatoms. The van der Waals surface area contributed by atoms with E-state index in [1.807, 2.05) is 12.1 Å². The quantitative estimate of drug-likeness (QED) is 0.348. The van der Waals surface area contributed by atoms with Gasteiger partial charge in [0.25, 0.3) is 0 Å². The van der Waals surface area contributed by atoms with E-state index in [-0.39, 0.29) is 5.92 Å². The second kappa shape index (κ2) is 3.55. The van der Waals surface area contributed by atoms with E-state index in [0.29, 0.717) is 0 Å². The first-order valence-corrected chi connectivity index (χ1v) is 4.48. The summed E-state index contributed by atoms with van der Waals surface area (Å²) in [7, 11) is 1.34. The second-order valence-corrected chi connectivity index (χ2v) is 3.22. The van der Waals surface area contributed by atoms with Gasteiger partial charge in [0, 0.05) is 5.92 Å². The molecule has 0 saturated heterocycles. The van der Waals surface area contributed by atoms with Crippen molar-refractivity contribution in [3.63, 3.8) is 0 Å². The number of hydrogen-bond donors (Lipinski definition) is 0. The Morgan fingerprint density at radius 3 is 3.00 bits per heavy atom. The number of fused-ring (bicyclic) bond motifs is 1. The molecular formula is C12H10O2. The minimum atomic E-state index is -0.464. The van der Waals surface area contributed by atoms with E-state index in [1.165, 1.54) is 18.2 Å². The molecule has 1 aliphatic rings. The number of esters is 1. The SMILES string of the molecule is COC(=O)C#CC1Cc2ccccc21. The van der Waals surface area contributed by atoms with Crippen molar-refractivity contribution in [3.8, 4) is 11.8 Å². The van der Waals surface area contributed by atoms with Crippen LogP contribution < -0.4 is 0 Å². The van der Waals surface area contributed by atoms with Crippen molar-refractivity contribution in [1.29, 1.82) is 0 Å². The maximum atomic E-state index is 10.8. The molecule has 0 N–H and O–H groups in total. The Hall–Kier alpha value is -1.75. The van der Waals surface area contributed by atoms with Crippen molar-refractivity contribution < 1.29 is 9.53 Å². The molecule has 0 heterocycles. The van der Waals surface area contributed by atoms with Gasteiger partial charge in [-0.25, -0.2) is 4.79 Å². The first-order valence-electron chi connectivity index (χ1n) is 4.48. The zero-order valence-electron chi connectivity index (χ0n) is 7.91. The topological polar surface area (TPSA) is 26.3 Å². The van der Waals surface area contributed by atoms with Crippen molar-refractivity contribution in [3.05, 3.63) is 35.4 Å². The van der Waals surface area contributed by atoms with Gasteiger partial charge in [0.2, 0.25) is 0 Å². The van der Waals surface area contributed by atoms with Crippen LogP contribution in [0.15, 0.2) is 24.3 Å². The highest BCUT2D eigenvalue weighted by Crippen LogP contribution is 2.33. The number of rotatable bonds is 0. The van der Waals surface area contributed by atoms with Crippen molar-refractivity contribution in [2.75, 3.05) is 7.11 Å². The van der Waals surface area contributed by atoms with E-state index < -0.39 is 5.97 Å². The fourth-order valence-corrected chi connectivity index (χ4v) is 1.58. The molecule has 1 aromatic carbocycles. The molecule has 1 atom stereocenters. The predicted octanol–water partition coefficient (Wildman–Crippen LogP) is 1.50. The van der Waals surface area contributed by atoms with Gasteiger partial charge in [0.05, 0.1) is 13.0 Å². The average Bonchev–Trinajstić information content (AvgIpc) is 2.19. The van der Waals surface area contributed by atoms with E-state index in [0.717, 1.165) is 6.42 Å². The summed E-state index contributed by atoms with van der Waals surface area (Å²) in [5.74, 6) is 5.12. The monoisotopic (exact) mass is 186 g/mol. The maximum Gasteiger partial charge on any atom is 0.384 e. The maximum absolute atomic E-state index is 10.8. The van der Waals surface area contributed by atoms with Crippen molar-refractivity contribution in [2.45, 2.75) is 12.3 Å². The highest BCUT2D eigenvalue weighted by molar-refractivity contribution is 5.88. The molecule has 2 nitrogen and oxygen atoms in total. The molecule has 0 radical (unpaired) electrons. The van der Waals surface area contributed by atoms with Crippen molar-refractivity contribution in [2.24, 2.45) is 0 Å². The van der Waals surface area contributed by atoms with E-state index >= 15 is 0 Å². The predicted molar refractivity (Wildman–Crippen MR) is 52.7 cm³/mol. The number of carbonyl (C=O) groups excluding carboxylic acids is 1. The van der Waals surface area contributed by atoms with Gasteiger partial charge in [-0.1, -0.05) is 30.2 Å². The van der Waals surface area contributed by atoms with Gasteiger partial charge in [-0.05, 0) is 17.5 Å². The number of ether oxygens (including phenoxy) is 1. The summed E-state index contributed by atoms with van der Waals surface area (Å²) >= 11 is 0. The van der Waals surface area contributed by atoms with Crippen LogP contribution >= 0.6 is 0 Å². The Morgan fingerprint density at radius 1 is 1.50 bits per heavy atom. The van der Waals surface area contributed by atoms with Gasteiger partial charge in [-0.3, -0.25) is 0 Å². The van der Waals surface area contributed by atoms with Crippen LogP contribution in [0, 0.1) is 11.8 Å². The van der Waals surface area contributed by atoms with E-state index in [1.54, 1.807) is 0 Å². The fourth-order valence-electron chi connectivity index (χ4n) is 1.58. The first-order chi connectivity index (χ1) is 6.81. The molecule has 0 fully saturated rings. The minimum Gasteiger partial charge on any atom is -0.459 e. The fraction of sp³-hybridized carbons (Fsp3) is 0.250. The number of carbonyl (C=O) groups is 1. The van der Waals surface area contributed by atoms with Crippen LogP contribution in [-0.4, -0.2) is 13.1 Å². The lowest BCUT2D eigenvalue weighted by Gasteiger charge is -2.25. The normalized spacial score (nSPS) is 17.1. The molecule has 0 saturated carbocycles. The summed E-state index contributed by atoms with van der Waals surface area (Å²) < 4.78 is 4.44. The van der Waals surface area contributed by atoms with Crippen LogP contribution in [0.5, 0.6) is 0 Å². The molecule has 70 valence electrons. The summed E-state index contributed by atoms with van der Waals surface area (Å²) in [6.07, 6.45) is 0.945. The Bertz CT molecular complexity index is 423. The van der Waals surface area contributed by atoms with Crippen LogP contribution in [0.4, 0.5) is 0 Å². The molecule has 1 unspecified atom stereocenters. The summed E-state index contributed by atoms with van der Waals surface area (Å²) in [5, 5.41) is 0. The lowest BCUT2D eigenvalue weighted by Crippen LogP contribution is -2.15. The third kappa shape index (κ3) is 1.49. The molecule has 0 aromatic heterocycles. The Balaban J connectivity index is 2.12. The number of hydrogen-bond acceptors (Lipinski definition) is 2. The summed E-state index contributed by atoms with van der Waals surface area (Å²) in [6.45, 7) is 0. The highest BCUT2D eigenvalue weighted by Gasteiger charge is 2.23. The lowest BCUT2D eigenvalue weighted by molar-refractivity contribution is -0.133. The lowest BCUT2D eigenvalue weighted by atomic mass is 9.78. The standard InChI is InChI=1S/C12H10O2/c1-14-12(13)7-6-10-8-9-4-2-3-5-11(9)10/h2-5,10H,8H2,1H3. The van der Waals surface area contributed by atoms with Crippen LogP contribution in [0.3, 0.4) is 0 Å². The van der Waals surface area contributed by atoms with Gasteiger partial charge < -0.3 is 4.74 Å². The van der Waals surface area contributed by atoms with Crippen LogP contribution in [0.25, 0.3) is 0 Å². The molecule has 2 rings (SSSR count). The molecule has 0 aliphatic heterocycles. The third-order valence-electron chi connectivity index (χ3n) is 2.39. The molecule has 1 aliphatic carbocycles. The van der Waals surface area contributed by atoms with E-state index in [4.69, 9.17) is 0 Å². The minimum absolute atomic E-state index is 0.213. The van der Waals surface area contributed by atoms with Gasteiger partial charge in [-0.2, -0.15) is 0 Å². The molecule has 1 aromatic rings. The summed E-state index contributed by atoms with van der Waals surface area (Å²) in [5.41, 5.74) is 2.57. The third-order valence-corrected chi connectivity index (χ3v) is 2.39. The van der Waals surface area contributed by atoms with Crippen LogP contribution in [0.2, 0.25) is 0 Å². The molecular weight excluding hydrogens is 176 g/mol. The van der Waals surface area contributed by atoms with Gasteiger partial charge in [-0.15, -0.1) is 0 Å². The molecule has 0 bridgehead atoms. The average molecular weight is 186 g/mol. The molecule has 14 heavy (non-hydrogen) atoms. The van der Waals surface area contributed by atoms with Crippen molar-refractivity contribution in [1.82, 2.24) is 0 Å². The van der Waals surface area contributed by atoms with Gasteiger partial charge in [0.15, 0.2) is 0 Å². The van der Waals surface area contributed by atoms with Gasteiger partial charge in [0.1, 0.15) is 0 Å². The number of methoxy groups -OCH3 is 1. The van der Waals surface area contributed by atoms with E-state index in [9.17, 15) is 4.79 Å². The van der Waals surface area contributed by atoms with Crippen LogP contribution in [0.1, 0.15) is 17.0 Å². The zero-order valence-corrected chi connectivity index (χ0v) is 7.91. The Morgan fingerprint density at radius 2 is 2.29 bits per heavy atom. The highest BCUT2D eigenvalue weighted by atomic mass is 16.5. The largest absolute Gasteiger partial charge is 0.459 e. The summed E-state index contributed by atoms with van der Waals surface area (Å²) in [4.78, 5) is 10.8. The second-order valence-electron chi connectivity index (χ2n) is 3.22.